The number of hydrogen-bond donors (Lipinski definition) is 0. The largest absolute Gasteiger partial charge is 1.00 e. The maximum Gasteiger partial charge on any atom is 1.00 e. The van der Waals surface area contributed by atoms with Gasteiger partial charge in [0.1, 0.15) is 0 Å². The maximum atomic E-state index is 4.05. The first-order valence-electron chi connectivity index (χ1n) is 5.55. The summed E-state index contributed by atoms with van der Waals surface area (Å²) >= 11 is 0. The van der Waals surface area contributed by atoms with E-state index >= 15 is 0 Å². The third kappa shape index (κ3) is 8.57. The zero-order valence-corrected chi connectivity index (χ0v) is 13.8. The van der Waals surface area contributed by atoms with Gasteiger partial charge in [-0.2, -0.15) is 6.42 Å². The molecule has 82 valence electrons. The van der Waals surface area contributed by atoms with Crippen LogP contribution < -0.4 is 51.4 Å². The Morgan fingerprint density at radius 3 is 2.47 bits per heavy atom. The standard InChI is InChI=1S/C9H16N3.C2H6.K/c1-3-5-6-7-9-8-12(4-2)11-10-9;1-2;/h8H,1,3-7H2,2H3;1-2H3;/q-1;;+1. The Morgan fingerprint density at radius 2 is 2.00 bits per heavy atom. The second-order valence-corrected chi connectivity index (χ2v) is 2.88. The van der Waals surface area contributed by atoms with Crippen LogP contribution >= 0.6 is 0 Å². The Balaban J connectivity index is 0. The topological polar surface area (TPSA) is 30.7 Å². The zero-order chi connectivity index (χ0) is 10.8. The molecule has 0 atom stereocenters. The molecule has 0 N–H and O–H groups in total. The van der Waals surface area contributed by atoms with E-state index < -0.39 is 0 Å². The second kappa shape index (κ2) is 12.8. The molecule has 0 aliphatic rings. The van der Waals surface area contributed by atoms with Gasteiger partial charge in [0.15, 0.2) is 0 Å². The molecular formula is C11H22KN3. The van der Waals surface area contributed by atoms with Gasteiger partial charge in [0.25, 0.3) is 0 Å². The molecule has 0 spiro atoms. The summed E-state index contributed by atoms with van der Waals surface area (Å²) in [5.41, 5.74) is 1.10. The number of nitrogens with zero attached hydrogens (tertiary/aromatic N) is 3. The van der Waals surface area contributed by atoms with Crippen LogP contribution in [0.3, 0.4) is 0 Å². The van der Waals surface area contributed by atoms with Gasteiger partial charge < -0.3 is 6.92 Å². The summed E-state index contributed by atoms with van der Waals surface area (Å²) < 4.78 is 1.86. The first-order chi connectivity index (χ1) is 6.86. The van der Waals surface area contributed by atoms with Crippen LogP contribution in [0, 0.1) is 6.92 Å². The van der Waals surface area contributed by atoms with Crippen LogP contribution in [0.4, 0.5) is 0 Å². The smallest absolute Gasteiger partial charge is 0.343 e. The van der Waals surface area contributed by atoms with Crippen molar-refractivity contribution in [2.24, 2.45) is 0 Å². The average molecular weight is 235 g/mol. The summed E-state index contributed by atoms with van der Waals surface area (Å²) in [6.45, 7) is 10.8. The van der Waals surface area contributed by atoms with Crippen LogP contribution in [-0.4, -0.2) is 15.0 Å². The van der Waals surface area contributed by atoms with Gasteiger partial charge in [-0.3, -0.25) is 4.68 Å². The Hall–Kier alpha value is 0.776. The fourth-order valence-corrected chi connectivity index (χ4v) is 1.09. The fourth-order valence-electron chi connectivity index (χ4n) is 1.09. The van der Waals surface area contributed by atoms with E-state index in [-0.39, 0.29) is 51.4 Å². The first kappa shape index (κ1) is 18.1. The molecule has 0 saturated carbocycles. The van der Waals surface area contributed by atoms with Gasteiger partial charge >= 0.3 is 51.4 Å². The van der Waals surface area contributed by atoms with Crippen LogP contribution in [0.1, 0.15) is 45.7 Å². The van der Waals surface area contributed by atoms with Crippen molar-refractivity contribution in [2.75, 3.05) is 0 Å². The average Bonchev–Trinajstić information content (AvgIpc) is 2.69. The second-order valence-electron chi connectivity index (χ2n) is 2.88. The minimum Gasteiger partial charge on any atom is -0.343 e. The first-order valence-corrected chi connectivity index (χ1v) is 5.55. The number of aryl methyl sites for hydroxylation is 2. The summed E-state index contributed by atoms with van der Waals surface area (Å²) in [5, 5.41) is 8.02. The molecule has 0 bridgehead atoms. The molecular weight excluding hydrogens is 213 g/mol. The Kier molecular flexibility index (Phi) is 15.5. The van der Waals surface area contributed by atoms with E-state index in [0.717, 1.165) is 25.1 Å². The van der Waals surface area contributed by atoms with Crippen molar-refractivity contribution < 1.29 is 51.4 Å². The van der Waals surface area contributed by atoms with Gasteiger partial charge in [0, 0.05) is 12.7 Å². The molecule has 3 nitrogen and oxygen atoms in total. The molecule has 0 unspecified atom stereocenters. The molecule has 1 aromatic rings. The molecule has 0 aromatic carbocycles. The van der Waals surface area contributed by atoms with Gasteiger partial charge in [-0.05, 0) is 13.3 Å². The summed E-state index contributed by atoms with van der Waals surface area (Å²) in [6, 6.07) is 0. The third-order valence-corrected chi connectivity index (χ3v) is 1.84. The Bertz CT molecular complexity index is 223. The van der Waals surface area contributed by atoms with Crippen LogP contribution in [0.15, 0.2) is 6.20 Å². The van der Waals surface area contributed by atoms with Gasteiger partial charge in [0.05, 0.1) is 5.69 Å². The zero-order valence-electron chi connectivity index (χ0n) is 10.7. The van der Waals surface area contributed by atoms with Crippen molar-refractivity contribution in [2.45, 2.75) is 53.0 Å². The minimum absolute atomic E-state index is 0. The van der Waals surface area contributed by atoms with Gasteiger partial charge in [-0.25, -0.2) is 0 Å². The van der Waals surface area contributed by atoms with Crippen LogP contribution in [-0.2, 0) is 13.0 Å². The fraction of sp³-hybridized carbons (Fsp3) is 0.727. The van der Waals surface area contributed by atoms with Crippen molar-refractivity contribution in [1.82, 2.24) is 15.0 Å². The molecule has 0 aliphatic heterocycles. The summed E-state index contributed by atoms with van der Waals surface area (Å²) in [6.07, 6.45) is 6.42. The number of unbranched alkanes of at least 4 members (excludes halogenated alkanes) is 2. The van der Waals surface area contributed by atoms with Crippen LogP contribution in [0.25, 0.3) is 0 Å². The monoisotopic (exact) mass is 235 g/mol. The van der Waals surface area contributed by atoms with E-state index in [1.165, 1.54) is 12.8 Å². The number of hydrogen-bond acceptors (Lipinski definition) is 2. The minimum atomic E-state index is 0. The quantitative estimate of drug-likeness (QED) is 0.405. The van der Waals surface area contributed by atoms with E-state index in [4.69, 9.17) is 0 Å². The van der Waals surface area contributed by atoms with Crippen molar-refractivity contribution in [3.63, 3.8) is 0 Å². The van der Waals surface area contributed by atoms with Crippen LogP contribution in [0.2, 0.25) is 0 Å². The molecule has 4 heteroatoms. The molecule has 1 aromatic heterocycles. The predicted octanol–water partition coefficient (Wildman–Crippen LogP) is -0.125. The molecule has 0 aliphatic carbocycles. The Labute approximate surface area is 136 Å². The molecule has 1 rings (SSSR count). The Morgan fingerprint density at radius 1 is 1.33 bits per heavy atom. The van der Waals surface area contributed by atoms with Crippen molar-refractivity contribution in [3.05, 3.63) is 18.8 Å². The third-order valence-electron chi connectivity index (χ3n) is 1.84. The van der Waals surface area contributed by atoms with Gasteiger partial charge in [0.2, 0.25) is 0 Å². The molecule has 1 heterocycles. The molecule has 0 amide bonds. The summed E-state index contributed by atoms with van der Waals surface area (Å²) in [7, 11) is 0. The normalized spacial score (nSPS) is 8.80. The molecule has 15 heavy (non-hydrogen) atoms. The van der Waals surface area contributed by atoms with Gasteiger partial charge in [-0.15, -0.1) is 5.10 Å². The van der Waals surface area contributed by atoms with E-state index in [0.29, 0.717) is 0 Å². The molecule has 0 radical (unpaired) electrons. The summed E-state index contributed by atoms with van der Waals surface area (Å²) in [5.74, 6) is 0. The summed E-state index contributed by atoms with van der Waals surface area (Å²) in [4.78, 5) is 0. The molecule has 0 saturated heterocycles. The maximum absolute atomic E-state index is 4.05. The van der Waals surface area contributed by atoms with Crippen molar-refractivity contribution >= 4 is 0 Å². The van der Waals surface area contributed by atoms with E-state index in [9.17, 15) is 0 Å². The van der Waals surface area contributed by atoms with Crippen molar-refractivity contribution in [1.29, 1.82) is 0 Å². The van der Waals surface area contributed by atoms with Crippen LogP contribution in [0.5, 0.6) is 0 Å². The number of aromatic nitrogens is 3. The predicted molar refractivity (Wildman–Crippen MR) is 60.0 cm³/mol. The molecule has 0 fully saturated rings. The number of rotatable bonds is 5. The van der Waals surface area contributed by atoms with Gasteiger partial charge in [-0.1, -0.05) is 31.9 Å². The van der Waals surface area contributed by atoms with E-state index in [2.05, 4.69) is 24.2 Å². The van der Waals surface area contributed by atoms with E-state index in [1.54, 1.807) is 0 Å². The SMILES string of the molecule is CC.[CH2-]CCCCc1cn(CC)nn1.[K+]. The van der Waals surface area contributed by atoms with Crippen molar-refractivity contribution in [3.8, 4) is 0 Å². The van der Waals surface area contributed by atoms with E-state index in [1.807, 2.05) is 24.7 Å².